The van der Waals surface area contributed by atoms with Crippen molar-refractivity contribution in [3.8, 4) is 5.75 Å². The van der Waals surface area contributed by atoms with E-state index in [0.717, 1.165) is 59.2 Å². The molecular weight excluding hydrogens is 398 g/mol. The predicted molar refractivity (Wildman–Crippen MR) is 111 cm³/mol. The van der Waals surface area contributed by atoms with Crippen molar-refractivity contribution >= 4 is 23.5 Å². The average molecular weight is 428 g/mol. The van der Waals surface area contributed by atoms with Crippen molar-refractivity contribution in [2.75, 3.05) is 52.5 Å². The van der Waals surface area contributed by atoms with Crippen LogP contribution in [0.2, 0.25) is 5.02 Å². The molecule has 0 saturated carbocycles. The number of carboxylic acid groups (broad SMARTS) is 1. The third kappa shape index (κ3) is 7.47. The fourth-order valence-electron chi connectivity index (χ4n) is 3.47. The minimum atomic E-state index is -0.833. The summed E-state index contributed by atoms with van der Waals surface area (Å²) in [7, 11) is 0. The molecule has 0 aromatic heterocycles. The SMILES string of the molecule is CC(=O)O.NCCOc1ccc(Cl)cc1C(=O)N1CCN(C2CCOCC2)CC1. The van der Waals surface area contributed by atoms with Crippen LogP contribution in [0.15, 0.2) is 18.2 Å². The van der Waals surface area contributed by atoms with Gasteiger partial charge >= 0.3 is 0 Å². The van der Waals surface area contributed by atoms with Crippen LogP contribution in [-0.4, -0.2) is 85.4 Å². The Morgan fingerprint density at radius 2 is 1.86 bits per heavy atom. The van der Waals surface area contributed by atoms with Crippen LogP contribution in [0, 0.1) is 0 Å². The summed E-state index contributed by atoms with van der Waals surface area (Å²) >= 11 is 6.09. The van der Waals surface area contributed by atoms with Gasteiger partial charge in [-0.3, -0.25) is 14.5 Å². The molecule has 1 aromatic rings. The summed E-state index contributed by atoms with van der Waals surface area (Å²) < 4.78 is 11.1. The predicted octanol–water partition coefficient (Wildman–Crippen LogP) is 1.71. The summed E-state index contributed by atoms with van der Waals surface area (Å²) in [5.41, 5.74) is 6.01. The van der Waals surface area contributed by atoms with E-state index in [1.54, 1.807) is 18.2 Å². The molecule has 162 valence electrons. The number of benzene rings is 1. The van der Waals surface area contributed by atoms with Gasteiger partial charge in [-0.25, -0.2) is 0 Å². The molecule has 0 atom stereocenters. The molecule has 0 aliphatic carbocycles. The molecule has 9 heteroatoms. The van der Waals surface area contributed by atoms with Gasteiger partial charge in [-0.1, -0.05) is 11.6 Å². The van der Waals surface area contributed by atoms with Gasteiger partial charge in [0.1, 0.15) is 12.4 Å². The van der Waals surface area contributed by atoms with Gasteiger partial charge in [-0.2, -0.15) is 0 Å². The van der Waals surface area contributed by atoms with Crippen LogP contribution >= 0.6 is 11.6 Å². The number of aliphatic carboxylic acids is 1. The lowest BCUT2D eigenvalue weighted by molar-refractivity contribution is -0.134. The molecule has 8 nitrogen and oxygen atoms in total. The fraction of sp³-hybridized carbons (Fsp3) is 0.600. The Balaban J connectivity index is 0.000000687. The second kappa shape index (κ2) is 12.0. The van der Waals surface area contributed by atoms with Crippen molar-refractivity contribution in [3.63, 3.8) is 0 Å². The van der Waals surface area contributed by atoms with Gasteiger partial charge in [-0.05, 0) is 31.0 Å². The van der Waals surface area contributed by atoms with Crippen molar-refractivity contribution < 1.29 is 24.2 Å². The summed E-state index contributed by atoms with van der Waals surface area (Å²) in [5, 5.41) is 7.95. The largest absolute Gasteiger partial charge is 0.491 e. The van der Waals surface area contributed by atoms with Crippen molar-refractivity contribution in [2.24, 2.45) is 5.73 Å². The third-order valence-corrected chi connectivity index (χ3v) is 5.09. The van der Waals surface area contributed by atoms with Crippen LogP contribution < -0.4 is 10.5 Å². The number of hydrogen-bond donors (Lipinski definition) is 2. The molecular formula is C20H30ClN3O5. The molecule has 1 amide bonds. The Hall–Kier alpha value is -1.87. The van der Waals surface area contributed by atoms with Crippen LogP contribution in [0.25, 0.3) is 0 Å². The van der Waals surface area contributed by atoms with E-state index in [4.69, 9.17) is 36.7 Å². The summed E-state index contributed by atoms with van der Waals surface area (Å²) in [6.45, 7) is 6.78. The Morgan fingerprint density at radius 3 is 2.45 bits per heavy atom. The average Bonchev–Trinajstić information content (AvgIpc) is 2.72. The Morgan fingerprint density at radius 1 is 1.24 bits per heavy atom. The lowest BCUT2D eigenvalue weighted by Crippen LogP contribution is -2.53. The van der Waals surface area contributed by atoms with Crippen LogP contribution in [0.3, 0.4) is 0 Å². The molecule has 0 radical (unpaired) electrons. The smallest absolute Gasteiger partial charge is 0.300 e. The summed E-state index contributed by atoms with van der Waals surface area (Å²) in [4.78, 5) is 26.3. The third-order valence-electron chi connectivity index (χ3n) is 4.86. The van der Waals surface area contributed by atoms with E-state index < -0.39 is 5.97 Å². The zero-order valence-electron chi connectivity index (χ0n) is 16.8. The first-order valence-corrected chi connectivity index (χ1v) is 10.2. The zero-order chi connectivity index (χ0) is 21.2. The Labute approximate surface area is 176 Å². The zero-order valence-corrected chi connectivity index (χ0v) is 17.6. The maximum absolute atomic E-state index is 12.9. The van der Waals surface area contributed by atoms with Crippen LogP contribution in [0.5, 0.6) is 5.75 Å². The number of carboxylic acids is 1. The van der Waals surface area contributed by atoms with E-state index in [2.05, 4.69) is 4.90 Å². The molecule has 0 bridgehead atoms. The lowest BCUT2D eigenvalue weighted by Gasteiger charge is -2.40. The van der Waals surface area contributed by atoms with Crippen molar-refractivity contribution in [1.82, 2.24) is 9.80 Å². The molecule has 3 rings (SSSR count). The van der Waals surface area contributed by atoms with Gasteiger partial charge in [-0.15, -0.1) is 0 Å². The first-order chi connectivity index (χ1) is 13.9. The van der Waals surface area contributed by atoms with Crippen molar-refractivity contribution in [3.05, 3.63) is 28.8 Å². The molecule has 2 heterocycles. The van der Waals surface area contributed by atoms with Gasteiger partial charge < -0.3 is 25.2 Å². The molecule has 0 unspecified atom stereocenters. The number of halogens is 1. The second-order valence-corrected chi connectivity index (χ2v) is 7.40. The van der Waals surface area contributed by atoms with E-state index in [1.165, 1.54) is 0 Å². The van der Waals surface area contributed by atoms with E-state index in [0.29, 0.717) is 35.5 Å². The summed E-state index contributed by atoms with van der Waals surface area (Å²) in [6, 6.07) is 5.73. The second-order valence-electron chi connectivity index (χ2n) is 6.97. The topological polar surface area (TPSA) is 105 Å². The van der Waals surface area contributed by atoms with Gasteiger partial charge in [0, 0.05) is 63.9 Å². The molecule has 1 aromatic carbocycles. The summed E-state index contributed by atoms with van der Waals surface area (Å²) in [6.07, 6.45) is 2.17. The first kappa shape index (κ1) is 23.4. The monoisotopic (exact) mass is 427 g/mol. The standard InChI is InChI=1S/C18H26ClN3O3.C2H4O2/c19-14-1-2-17(25-12-5-20)16(13-14)18(23)22-8-6-21(7-9-22)15-3-10-24-11-4-15;1-2(3)4/h1-2,13,15H,3-12,20H2;1H3,(H,3,4). The minimum Gasteiger partial charge on any atom is -0.491 e. The number of nitrogens with two attached hydrogens (primary N) is 1. The molecule has 29 heavy (non-hydrogen) atoms. The van der Waals surface area contributed by atoms with Gasteiger partial charge in [0.2, 0.25) is 0 Å². The number of piperazine rings is 1. The number of carbonyl (C=O) groups excluding carboxylic acids is 1. The molecule has 3 N–H and O–H groups in total. The molecule has 2 aliphatic heterocycles. The molecule has 2 fully saturated rings. The van der Waals surface area contributed by atoms with E-state index in [1.807, 2.05) is 4.90 Å². The quantitative estimate of drug-likeness (QED) is 0.736. The molecule has 0 spiro atoms. The highest BCUT2D eigenvalue weighted by atomic mass is 35.5. The van der Waals surface area contributed by atoms with Crippen molar-refractivity contribution in [2.45, 2.75) is 25.8 Å². The highest BCUT2D eigenvalue weighted by molar-refractivity contribution is 6.31. The Bertz CT molecular complexity index is 670. The first-order valence-electron chi connectivity index (χ1n) is 9.85. The number of hydrogen-bond acceptors (Lipinski definition) is 6. The number of rotatable bonds is 5. The van der Waals surface area contributed by atoms with Gasteiger partial charge in [0.05, 0.1) is 5.56 Å². The highest BCUT2D eigenvalue weighted by Gasteiger charge is 2.28. The number of carbonyl (C=O) groups is 2. The number of nitrogens with zero attached hydrogens (tertiary/aromatic N) is 2. The van der Waals surface area contributed by atoms with Crippen LogP contribution in [0.4, 0.5) is 0 Å². The fourth-order valence-corrected chi connectivity index (χ4v) is 3.65. The minimum absolute atomic E-state index is 0.0267. The van der Waals surface area contributed by atoms with Gasteiger partial charge in [0.25, 0.3) is 11.9 Å². The normalized spacial score (nSPS) is 18.0. The van der Waals surface area contributed by atoms with Crippen LogP contribution in [-0.2, 0) is 9.53 Å². The van der Waals surface area contributed by atoms with Crippen LogP contribution in [0.1, 0.15) is 30.1 Å². The highest BCUT2D eigenvalue weighted by Crippen LogP contribution is 2.25. The number of amides is 1. The molecule has 2 aliphatic rings. The molecule has 2 saturated heterocycles. The van der Waals surface area contributed by atoms with Crippen molar-refractivity contribution in [1.29, 1.82) is 0 Å². The van der Waals surface area contributed by atoms with E-state index in [9.17, 15) is 4.79 Å². The maximum Gasteiger partial charge on any atom is 0.300 e. The van der Waals surface area contributed by atoms with Gasteiger partial charge in [0.15, 0.2) is 0 Å². The summed E-state index contributed by atoms with van der Waals surface area (Å²) in [5.74, 6) is -0.312. The lowest BCUT2D eigenvalue weighted by atomic mass is 10.1. The Kier molecular flexibility index (Phi) is 9.66. The number of ether oxygens (including phenoxy) is 2. The van der Waals surface area contributed by atoms with E-state index >= 15 is 0 Å². The maximum atomic E-state index is 12.9. The van der Waals surface area contributed by atoms with E-state index in [-0.39, 0.29) is 5.91 Å².